The standard InChI is InChI=1S/C8H8ClIN2/c1-4-2-5-7(9)6(10)3-11-8(5)12-4/h3-4H,2H2,1H3,(H,11,12). The van der Waals surface area contributed by atoms with Crippen molar-refractivity contribution in [1.29, 1.82) is 0 Å². The number of pyridine rings is 1. The summed E-state index contributed by atoms with van der Waals surface area (Å²) in [7, 11) is 0. The van der Waals surface area contributed by atoms with Gasteiger partial charge < -0.3 is 5.32 Å². The van der Waals surface area contributed by atoms with E-state index < -0.39 is 0 Å². The average Bonchev–Trinajstić information content (AvgIpc) is 2.39. The van der Waals surface area contributed by atoms with Crippen molar-refractivity contribution >= 4 is 40.0 Å². The third-order valence-corrected chi connectivity index (χ3v) is 3.53. The van der Waals surface area contributed by atoms with E-state index in [9.17, 15) is 0 Å². The average molecular weight is 295 g/mol. The van der Waals surface area contributed by atoms with Crippen molar-refractivity contribution in [1.82, 2.24) is 4.98 Å². The Morgan fingerprint density at radius 2 is 2.50 bits per heavy atom. The lowest BCUT2D eigenvalue weighted by Crippen LogP contribution is -2.08. The van der Waals surface area contributed by atoms with Crippen LogP contribution in [-0.2, 0) is 6.42 Å². The predicted molar refractivity (Wildman–Crippen MR) is 58.8 cm³/mol. The topological polar surface area (TPSA) is 24.9 Å². The largest absolute Gasteiger partial charge is 0.367 e. The Kier molecular flexibility index (Phi) is 2.16. The molecule has 64 valence electrons. The molecule has 2 heterocycles. The summed E-state index contributed by atoms with van der Waals surface area (Å²) >= 11 is 8.32. The molecule has 0 bridgehead atoms. The summed E-state index contributed by atoms with van der Waals surface area (Å²) in [5.41, 5.74) is 1.16. The minimum Gasteiger partial charge on any atom is -0.367 e. The van der Waals surface area contributed by atoms with E-state index >= 15 is 0 Å². The van der Waals surface area contributed by atoms with Crippen LogP contribution >= 0.6 is 34.2 Å². The lowest BCUT2D eigenvalue weighted by molar-refractivity contribution is 0.838. The zero-order valence-corrected chi connectivity index (χ0v) is 9.48. The molecule has 0 aromatic carbocycles. The van der Waals surface area contributed by atoms with Gasteiger partial charge in [-0.1, -0.05) is 11.6 Å². The first-order valence-corrected chi connectivity index (χ1v) is 5.23. The lowest BCUT2D eigenvalue weighted by Gasteiger charge is -2.01. The molecule has 1 N–H and O–H groups in total. The summed E-state index contributed by atoms with van der Waals surface area (Å²) in [5, 5.41) is 4.13. The monoisotopic (exact) mass is 294 g/mol. The minimum absolute atomic E-state index is 0.461. The highest BCUT2D eigenvalue weighted by atomic mass is 127. The van der Waals surface area contributed by atoms with Crippen LogP contribution in [-0.4, -0.2) is 11.0 Å². The van der Waals surface area contributed by atoms with Crippen LogP contribution in [0, 0.1) is 3.57 Å². The Bertz CT molecular complexity index is 327. The highest BCUT2D eigenvalue weighted by Crippen LogP contribution is 2.32. The molecule has 4 heteroatoms. The number of nitrogens with one attached hydrogen (secondary N) is 1. The number of halogens is 2. The summed E-state index contributed by atoms with van der Waals surface area (Å²) < 4.78 is 1.03. The van der Waals surface area contributed by atoms with E-state index in [4.69, 9.17) is 11.6 Å². The molecular formula is C8H8ClIN2. The van der Waals surface area contributed by atoms with Crippen LogP contribution in [0.4, 0.5) is 5.82 Å². The Hall–Kier alpha value is -0.0300. The van der Waals surface area contributed by atoms with E-state index in [1.807, 2.05) is 0 Å². The fourth-order valence-corrected chi connectivity index (χ4v) is 2.09. The van der Waals surface area contributed by atoms with Gasteiger partial charge in [0.05, 0.1) is 8.59 Å². The molecule has 0 aliphatic carbocycles. The molecule has 1 atom stereocenters. The predicted octanol–water partition coefficient (Wildman–Crippen LogP) is 2.70. The number of anilines is 1. The lowest BCUT2D eigenvalue weighted by atomic mass is 10.2. The number of hydrogen-bond acceptors (Lipinski definition) is 2. The molecule has 0 fully saturated rings. The molecule has 1 aromatic heterocycles. The Morgan fingerprint density at radius 3 is 3.25 bits per heavy atom. The van der Waals surface area contributed by atoms with Crippen molar-refractivity contribution in [3.8, 4) is 0 Å². The van der Waals surface area contributed by atoms with E-state index in [0.717, 1.165) is 26.4 Å². The molecule has 0 spiro atoms. The van der Waals surface area contributed by atoms with Crippen molar-refractivity contribution in [2.45, 2.75) is 19.4 Å². The molecule has 1 aliphatic rings. The summed E-state index contributed by atoms with van der Waals surface area (Å²) in [5.74, 6) is 0.952. The third-order valence-electron chi connectivity index (χ3n) is 1.96. The van der Waals surface area contributed by atoms with Gasteiger partial charge in [0.1, 0.15) is 5.82 Å². The van der Waals surface area contributed by atoms with Gasteiger partial charge in [0, 0.05) is 17.8 Å². The van der Waals surface area contributed by atoms with E-state index in [-0.39, 0.29) is 0 Å². The fourth-order valence-electron chi connectivity index (χ4n) is 1.41. The molecule has 1 aromatic rings. The summed E-state index contributed by atoms with van der Waals surface area (Å²) in [4.78, 5) is 4.27. The second-order valence-electron chi connectivity index (χ2n) is 3.00. The molecule has 0 saturated carbocycles. The smallest absolute Gasteiger partial charge is 0.130 e. The maximum absolute atomic E-state index is 6.12. The third kappa shape index (κ3) is 1.29. The van der Waals surface area contributed by atoms with Gasteiger partial charge in [-0.3, -0.25) is 0 Å². The van der Waals surface area contributed by atoms with Crippen molar-refractivity contribution in [2.24, 2.45) is 0 Å². The van der Waals surface area contributed by atoms with Crippen molar-refractivity contribution in [3.63, 3.8) is 0 Å². The molecule has 0 radical (unpaired) electrons. The van der Waals surface area contributed by atoms with Gasteiger partial charge in [-0.2, -0.15) is 0 Å². The fraction of sp³-hybridized carbons (Fsp3) is 0.375. The molecule has 0 saturated heterocycles. The van der Waals surface area contributed by atoms with Gasteiger partial charge in [-0.25, -0.2) is 4.98 Å². The van der Waals surface area contributed by atoms with Gasteiger partial charge in [0.25, 0.3) is 0 Å². The quantitative estimate of drug-likeness (QED) is 0.744. The molecule has 2 nitrogen and oxygen atoms in total. The van der Waals surface area contributed by atoms with E-state index in [1.165, 1.54) is 0 Å². The summed E-state index contributed by atoms with van der Waals surface area (Å²) in [6.07, 6.45) is 2.78. The molecule has 2 rings (SSSR count). The minimum atomic E-state index is 0.461. The first-order valence-electron chi connectivity index (χ1n) is 3.78. The van der Waals surface area contributed by atoms with Gasteiger partial charge in [0.2, 0.25) is 0 Å². The van der Waals surface area contributed by atoms with Gasteiger partial charge in [-0.15, -0.1) is 0 Å². The van der Waals surface area contributed by atoms with Crippen LogP contribution in [0.2, 0.25) is 5.02 Å². The molecule has 1 unspecified atom stereocenters. The van der Waals surface area contributed by atoms with E-state index in [2.05, 4.69) is 39.8 Å². The Labute approximate surface area is 89.9 Å². The van der Waals surface area contributed by atoms with Crippen LogP contribution in [0.25, 0.3) is 0 Å². The number of nitrogens with zero attached hydrogens (tertiary/aromatic N) is 1. The van der Waals surface area contributed by atoms with Crippen LogP contribution < -0.4 is 5.32 Å². The van der Waals surface area contributed by atoms with Crippen molar-refractivity contribution in [3.05, 3.63) is 20.4 Å². The molecular weight excluding hydrogens is 286 g/mol. The van der Waals surface area contributed by atoms with E-state index in [1.54, 1.807) is 6.20 Å². The van der Waals surface area contributed by atoms with Crippen LogP contribution in [0.5, 0.6) is 0 Å². The second-order valence-corrected chi connectivity index (χ2v) is 4.54. The number of hydrogen-bond donors (Lipinski definition) is 1. The van der Waals surface area contributed by atoms with Crippen molar-refractivity contribution in [2.75, 3.05) is 5.32 Å². The van der Waals surface area contributed by atoms with E-state index in [0.29, 0.717) is 6.04 Å². The zero-order valence-electron chi connectivity index (χ0n) is 6.56. The van der Waals surface area contributed by atoms with Gasteiger partial charge in [0.15, 0.2) is 0 Å². The number of fused-ring (bicyclic) bond motifs is 1. The first-order chi connectivity index (χ1) is 5.68. The first kappa shape index (κ1) is 8.56. The summed E-state index contributed by atoms with van der Waals surface area (Å²) in [6.45, 7) is 2.13. The highest BCUT2D eigenvalue weighted by molar-refractivity contribution is 14.1. The number of aromatic nitrogens is 1. The highest BCUT2D eigenvalue weighted by Gasteiger charge is 2.21. The molecule has 0 amide bonds. The van der Waals surface area contributed by atoms with Crippen LogP contribution in [0.3, 0.4) is 0 Å². The summed E-state index contributed by atoms with van der Waals surface area (Å²) in [6, 6.07) is 0.461. The normalized spacial score (nSPS) is 20.4. The Morgan fingerprint density at radius 1 is 1.75 bits per heavy atom. The molecule has 1 aliphatic heterocycles. The molecule has 12 heavy (non-hydrogen) atoms. The second kappa shape index (κ2) is 3.03. The van der Waals surface area contributed by atoms with Crippen LogP contribution in [0.1, 0.15) is 12.5 Å². The van der Waals surface area contributed by atoms with Gasteiger partial charge in [-0.05, 0) is 35.9 Å². The maximum Gasteiger partial charge on any atom is 0.130 e. The maximum atomic E-state index is 6.12. The number of rotatable bonds is 0. The SMILES string of the molecule is CC1Cc2c(ncc(I)c2Cl)N1. The zero-order chi connectivity index (χ0) is 8.72. The van der Waals surface area contributed by atoms with Gasteiger partial charge >= 0.3 is 0 Å². The van der Waals surface area contributed by atoms with Crippen molar-refractivity contribution < 1.29 is 0 Å². The Balaban J connectivity index is 2.54. The van der Waals surface area contributed by atoms with Crippen LogP contribution in [0.15, 0.2) is 6.20 Å².